The Morgan fingerprint density at radius 3 is 2.68 bits per heavy atom. The van der Waals surface area contributed by atoms with Gasteiger partial charge in [0.25, 0.3) is 5.91 Å². The average molecular weight is 383 g/mol. The van der Waals surface area contributed by atoms with E-state index in [4.69, 9.17) is 9.26 Å². The van der Waals surface area contributed by atoms with Crippen LogP contribution in [0.25, 0.3) is 0 Å². The molecule has 1 N–H and O–H groups in total. The lowest BCUT2D eigenvalue weighted by molar-refractivity contribution is 0.0871. The molecule has 1 aromatic carbocycles. The van der Waals surface area contributed by atoms with Crippen molar-refractivity contribution in [1.29, 1.82) is 0 Å². The zero-order valence-electron chi connectivity index (χ0n) is 17.1. The molecule has 0 radical (unpaired) electrons. The molecule has 1 amide bonds. The Balaban J connectivity index is 1.44. The minimum absolute atomic E-state index is 0.162. The summed E-state index contributed by atoms with van der Waals surface area (Å²) in [4.78, 5) is 15.4. The molecule has 0 spiro atoms. The van der Waals surface area contributed by atoms with Gasteiger partial charge in [0.15, 0.2) is 5.69 Å². The number of hydrogen-bond donors (Lipinski definition) is 1. The highest BCUT2D eigenvalue weighted by Crippen LogP contribution is 2.34. The molecule has 2 fully saturated rings. The topological polar surface area (TPSA) is 67.6 Å². The summed E-state index contributed by atoms with van der Waals surface area (Å²) in [6, 6.07) is 7.33. The predicted octanol–water partition coefficient (Wildman–Crippen LogP) is 3.53. The van der Waals surface area contributed by atoms with Crippen molar-refractivity contribution in [1.82, 2.24) is 15.4 Å². The SMILES string of the molecule is Cc1cccc(OCc2c(C(=O)NC3CC4CCC(C3)N4C)noc2C)c1C. The first-order chi connectivity index (χ1) is 13.4. The first-order valence-corrected chi connectivity index (χ1v) is 10.1. The summed E-state index contributed by atoms with van der Waals surface area (Å²) in [5.41, 5.74) is 3.34. The maximum atomic E-state index is 12.9. The lowest BCUT2D eigenvalue weighted by Crippen LogP contribution is -2.48. The van der Waals surface area contributed by atoms with Gasteiger partial charge in [-0.15, -0.1) is 0 Å². The molecule has 3 heterocycles. The summed E-state index contributed by atoms with van der Waals surface area (Å²) in [5.74, 6) is 1.28. The second kappa shape index (κ2) is 7.59. The molecule has 2 aliphatic heterocycles. The lowest BCUT2D eigenvalue weighted by Gasteiger charge is -2.36. The second-order valence-corrected chi connectivity index (χ2v) is 8.24. The number of nitrogens with zero attached hydrogens (tertiary/aromatic N) is 2. The molecular weight excluding hydrogens is 354 g/mol. The van der Waals surface area contributed by atoms with Crippen LogP contribution >= 0.6 is 0 Å². The fraction of sp³-hybridized carbons (Fsp3) is 0.545. The van der Waals surface area contributed by atoms with E-state index in [1.54, 1.807) is 0 Å². The van der Waals surface area contributed by atoms with Crippen LogP contribution in [0.5, 0.6) is 5.75 Å². The standard InChI is InChI=1S/C22H29N3O3/c1-13-6-5-7-20(14(13)2)27-12-19-15(3)28-24-21(19)22(26)23-16-10-17-8-9-18(11-16)25(17)4/h5-7,16-18H,8-12H2,1-4H3,(H,23,26). The zero-order valence-corrected chi connectivity index (χ0v) is 17.1. The van der Waals surface area contributed by atoms with Gasteiger partial charge < -0.3 is 19.5 Å². The van der Waals surface area contributed by atoms with Crippen LogP contribution in [0, 0.1) is 20.8 Å². The van der Waals surface area contributed by atoms with Gasteiger partial charge in [0.1, 0.15) is 18.1 Å². The molecule has 2 saturated heterocycles. The fourth-order valence-corrected chi connectivity index (χ4v) is 4.55. The Morgan fingerprint density at radius 1 is 1.25 bits per heavy atom. The van der Waals surface area contributed by atoms with Crippen molar-refractivity contribution >= 4 is 5.91 Å². The number of fused-ring (bicyclic) bond motifs is 2. The van der Waals surface area contributed by atoms with Gasteiger partial charge >= 0.3 is 0 Å². The van der Waals surface area contributed by atoms with Gasteiger partial charge in [0.2, 0.25) is 0 Å². The van der Waals surface area contributed by atoms with Crippen molar-refractivity contribution in [3.05, 3.63) is 46.3 Å². The number of rotatable bonds is 5. The first kappa shape index (κ1) is 19.0. The van der Waals surface area contributed by atoms with Gasteiger partial charge in [-0.3, -0.25) is 4.79 Å². The third-order valence-electron chi connectivity index (χ3n) is 6.56. The molecule has 0 saturated carbocycles. The highest BCUT2D eigenvalue weighted by molar-refractivity contribution is 5.94. The Kier molecular flexibility index (Phi) is 5.15. The summed E-state index contributed by atoms with van der Waals surface area (Å²) in [7, 11) is 2.20. The second-order valence-electron chi connectivity index (χ2n) is 8.24. The van der Waals surface area contributed by atoms with E-state index >= 15 is 0 Å². The number of hydrogen-bond acceptors (Lipinski definition) is 5. The predicted molar refractivity (Wildman–Crippen MR) is 107 cm³/mol. The maximum absolute atomic E-state index is 12.9. The smallest absolute Gasteiger partial charge is 0.274 e. The molecule has 6 heteroatoms. The Morgan fingerprint density at radius 2 is 1.96 bits per heavy atom. The molecule has 2 aromatic rings. The van der Waals surface area contributed by atoms with Crippen LogP contribution in [0.1, 0.15) is 58.6 Å². The molecule has 0 aliphatic carbocycles. The van der Waals surface area contributed by atoms with Crippen LogP contribution in [0.15, 0.2) is 22.7 Å². The van der Waals surface area contributed by atoms with E-state index in [1.807, 2.05) is 26.0 Å². The summed E-state index contributed by atoms with van der Waals surface area (Å²) >= 11 is 0. The van der Waals surface area contributed by atoms with E-state index in [9.17, 15) is 4.79 Å². The van der Waals surface area contributed by atoms with Gasteiger partial charge in [-0.2, -0.15) is 0 Å². The zero-order chi connectivity index (χ0) is 19.8. The number of piperidine rings is 1. The van der Waals surface area contributed by atoms with Gasteiger partial charge in [0.05, 0.1) is 5.56 Å². The quantitative estimate of drug-likeness (QED) is 0.855. The van der Waals surface area contributed by atoms with Crippen molar-refractivity contribution in [3.8, 4) is 5.75 Å². The Labute approximate surface area is 166 Å². The monoisotopic (exact) mass is 383 g/mol. The number of carbonyl (C=O) groups excluding carboxylic acids is 1. The third-order valence-corrected chi connectivity index (χ3v) is 6.56. The highest BCUT2D eigenvalue weighted by atomic mass is 16.5. The number of nitrogens with one attached hydrogen (secondary N) is 1. The highest BCUT2D eigenvalue weighted by Gasteiger charge is 2.39. The molecule has 4 rings (SSSR count). The molecule has 150 valence electrons. The molecule has 6 nitrogen and oxygen atoms in total. The van der Waals surface area contributed by atoms with E-state index in [2.05, 4.69) is 35.4 Å². The lowest BCUT2D eigenvalue weighted by atomic mass is 9.98. The Hall–Kier alpha value is -2.34. The molecule has 1 aromatic heterocycles. The number of aryl methyl sites for hydroxylation is 2. The van der Waals surface area contributed by atoms with Crippen molar-refractivity contribution in [2.75, 3.05) is 7.05 Å². The summed E-state index contributed by atoms with van der Waals surface area (Å²) in [5, 5.41) is 7.21. The van der Waals surface area contributed by atoms with E-state index in [0.717, 1.165) is 24.2 Å². The van der Waals surface area contributed by atoms with E-state index in [1.165, 1.54) is 18.4 Å². The van der Waals surface area contributed by atoms with Crippen LogP contribution in [-0.2, 0) is 6.61 Å². The van der Waals surface area contributed by atoms with E-state index < -0.39 is 0 Å². The Bertz CT molecular complexity index is 862. The van der Waals surface area contributed by atoms with Gasteiger partial charge in [0, 0.05) is 18.1 Å². The van der Waals surface area contributed by atoms with Crippen molar-refractivity contribution < 1.29 is 14.1 Å². The minimum atomic E-state index is -0.162. The third kappa shape index (κ3) is 3.53. The number of benzene rings is 1. The minimum Gasteiger partial charge on any atom is -0.488 e. The summed E-state index contributed by atoms with van der Waals surface area (Å²) in [6.45, 7) is 6.18. The maximum Gasteiger partial charge on any atom is 0.274 e. The summed E-state index contributed by atoms with van der Waals surface area (Å²) in [6.07, 6.45) is 4.46. The number of aromatic nitrogens is 1. The normalized spacial score (nSPS) is 24.4. The molecule has 2 aliphatic rings. The van der Waals surface area contributed by atoms with Crippen LogP contribution in [0.4, 0.5) is 0 Å². The van der Waals surface area contributed by atoms with Gasteiger partial charge in [-0.05, 0) is 70.7 Å². The van der Waals surface area contributed by atoms with E-state index in [0.29, 0.717) is 29.1 Å². The van der Waals surface area contributed by atoms with Crippen LogP contribution < -0.4 is 10.1 Å². The molecule has 2 unspecified atom stereocenters. The van der Waals surface area contributed by atoms with Crippen LogP contribution in [0.3, 0.4) is 0 Å². The summed E-state index contributed by atoms with van der Waals surface area (Å²) < 4.78 is 11.3. The van der Waals surface area contributed by atoms with Gasteiger partial charge in [-0.25, -0.2) is 0 Å². The van der Waals surface area contributed by atoms with Crippen molar-refractivity contribution in [3.63, 3.8) is 0 Å². The van der Waals surface area contributed by atoms with Crippen molar-refractivity contribution in [2.45, 2.75) is 71.2 Å². The largest absolute Gasteiger partial charge is 0.488 e. The molecule has 2 bridgehead atoms. The molecular formula is C22H29N3O3. The molecule has 2 atom stereocenters. The van der Waals surface area contributed by atoms with Crippen molar-refractivity contribution in [2.24, 2.45) is 0 Å². The fourth-order valence-electron chi connectivity index (χ4n) is 4.55. The van der Waals surface area contributed by atoms with Gasteiger partial charge in [-0.1, -0.05) is 17.3 Å². The van der Waals surface area contributed by atoms with Crippen LogP contribution in [-0.4, -0.2) is 41.1 Å². The van der Waals surface area contributed by atoms with Crippen LogP contribution in [0.2, 0.25) is 0 Å². The van der Waals surface area contributed by atoms with E-state index in [-0.39, 0.29) is 18.6 Å². The average Bonchev–Trinajstić information content (AvgIpc) is 3.11. The molecule has 28 heavy (non-hydrogen) atoms. The number of amides is 1. The first-order valence-electron chi connectivity index (χ1n) is 10.1. The number of carbonyl (C=O) groups is 1. The number of ether oxygens (including phenoxy) is 1.